The Morgan fingerprint density at radius 3 is 1.97 bits per heavy atom. The predicted molar refractivity (Wildman–Crippen MR) is 121 cm³/mol. The normalized spacial score (nSPS) is 16.4. The van der Waals surface area contributed by atoms with Crippen LogP contribution in [0.1, 0.15) is 24.8 Å². The maximum Gasteiger partial charge on any atom is 0.431 e. The molecule has 212 valence electrons. The van der Waals surface area contributed by atoms with Gasteiger partial charge in [0.15, 0.2) is 14.6 Å². The van der Waals surface area contributed by atoms with Crippen LogP contribution in [0.25, 0.3) is 11.3 Å². The molecule has 0 unspecified atom stereocenters. The Labute approximate surface area is 218 Å². The molecule has 2 N–H and O–H groups in total. The molecule has 1 fully saturated rings. The molecule has 2 heterocycles. The number of sulfone groups is 1. The van der Waals surface area contributed by atoms with Gasteiger partial charge in [-0.1, -0.05) is 18.2 Å². The van der Waals surface area contributed by atoms with E-state index in [4.69, 9.17) is 9.94 Å². The number of carbonyl (C=O) groups is 1. The number of alkyl halides is 7. The van der Waals surface area contributed by atoms with Crippen molar-refractivity contribution in [2.24, 2.45) is 0 Å². The Hall–Kier alpha value is -2.49. The summed E-state index contributed by atoms with van der Waals surface area (Å²) in [6.45, 7) is -0.0348. The number of nitrogens with zero attached hydrogens (tertiary/aromatic N) is 1. The van der Waals surface area contributed by atoms with E-state index in [2.05, 4.69) is 4.98 Å². The van der Waals surface area contributed by atoms with E-state index in [1.807, 2.05) is 0 Å². The van der Waals surface area contributed by atoms with Crippen molar-refractivity contribution in [2.75, 3.05) is 13.2 Å². The maximum absolute atomic E-state index is 13.8. The van der Waals surface area contributed by atoms with Crippen molar-refractivity contribution in [2.45, 2.75) is 53.3 Å². The number of amides is 1. The van der Waals surface area contributed by atoms with E-state index in [1.54, 1.807) is 0 Å². The quantitative estimate of drug-likeness (QED) is 0.272. The Kier molecular flexibility index (Phi) is 9.45. The molecule has 7 nitrogen and oxygen atoms in total. The van der Waals surface area contributed by atoms with Crippen molar-refractivity contribution < 1.29 is 53.9 Å². The molecule has 2 aromatic rings. The zero-order chi connectivity index (χ0) is 27.7. The average molecular weight is 595 g/mol. The van der Waals surface area contributed by atoms with Crippen LogP contribution in [0.15, 0.2) is 47.5 Å². The van der Waals surface area contributed by atoms with Gasteiger partial charge in [-0.25, -0.2) is 18.3 Å². The summed E-state index contributed by atoms with van der Waals surface area (Å²) in [5.74, 6) is -1.09. The van der Waals surface area contributed by atoms with Gasteiger partial charge >= 0.3 is 12.4 Å². The van der Waals surface area contributed by atoms with E-state index in [-0.39, 0.29) is 54.6 Å². The third kappa shape index (κ3) is 5.75. The monoisotopic (exact) mass is 594 g/mol. The third-order valence-corrected chi connectivity index (χ3v) is 8.79. The van der Waals surface area contributed by atoms with Crippen LogP contribution in [0.4, 0.5) is 30.7 Å². The van der Waals surface area contributed by atoms with Gasteiger partial charge < -0.3 is 4.74 Å². The van der Waals surface area contributed by atoms with Crippen molar-refractivity contribution in [3.63, 3.8) is 0 Å². The van der Waals surface area contributed by atoms with E-state index < -0.39 is 51.4 Å². The fourth-order valence-electron chi connectivity index (χ4n) is 3.96. The highest BCUT2D eigenvalue weighted by Gasteiger charge is 2.71. The molecule has 0 bridgehead atoms. The summed E-state index contributed by atoms with van der Waals surface area (Å²) in [6.07, 6.45) is -14.4. The second-order valence-corrected chi connectivity index (χ2v) is 10.7. The van der Waals surface area contributed by atoms with Gasteiger partial charge in [-0.2, -0.15) is 26.3 Å². The SMILES string of the molecule is Cl.O=C(NO)C1(S(=O)(=O)c2ccc(-c3ccc(CCC(F)(C(F)(F)F)C(F)(F)F)cn3)cc2)CCOCC1. The van der Waals surface area contributed by atoms with Gasteiger partial charge in [-0.15, -0.1) is 12.4 Å². The number of hydrogen-bond donors (Lipinski definition) is 2. The van der Waals surface area contributed by atoms with Crippen LogP contribution in [-0.4, -0.2) is 60.5 Å². The molecule has 38 heavy (non-hydrogen) atoms. The van der Waals surface area contributed by atoms with E-state index in [0.717, 1.165) is 6.20 Å². The number of rotatable bonds is 7. The molecule has 0 saturated carbocycles. The fourth-order valence-corrected chi connectivity index (χ4v) is 5.89. The number of pyridine rings is 1. The lowest BCUT2D eigenvalue weighted by Crippen LogP contribution is -2.54. The molecular formula is C22H22ClF7N2O5S. The third-order valence-electron chi connectivity index (χ3n) is 6.27. The molecule has 0 spiro atoms. The minimum absolute atomic E-state index is 0. The number of nitrogens with one attached hydrogen (secondary N) is 1. The average Bonchev–Trinajstić information content (AvgIpc) is 2.86. The molecule has 0 atom stereocenters. The maximum atomic E-state index is 13.8. The van der Waals surface area contributed by atoms with Gasteiger partial charge in [-0.3, -0.25) is 15.0 Å². The largest absolute Gasteiger partial charge is 0.431 e. The zero-order valence-corrected chi connectivity index (χ0v) is 20.9. The number of benzene rings is 1. The van der Waals surface area contributed by atoms with Crippen molar-refractivity contribution in [3.8, 4) is 11.3 Å². The van der Waals surface area contributed by atoms with Gasteiger partial charge in [0.05, 0.1) is 10.6 Å². The van der Waals surface area contributed by atoms with Gasteiger partial charge in [0.1, 0.15) is 0 Å². The van der Waals surface area contributed by atoms with Crippen LogP contribution < -0.4 is 5.48 Å². The number of hydroxylamine groups is 1. The van der Waals surface area contributed by atoms with Crippen molar-refractivity contribution >= 4 is 28.2 Å². The van der Waals surface area contributed by atoms with Crippen LogP contribution in [-0.2, 0) is 25.8 Å². The first-order chi connectivity index (χ1) is 17.1. The summed E-state index contributed by atoms with van der Waals surface area (Å²) in [5.41, 5.74) is -3.48. The van der Waals surface area contributed by atoms with Crippen molar-refractivity contribution in [3.05, 3.63) is 48.2 Å². The highest BCUT2D eigenvalue weighted by Crippen LogP contribution is 2.48. The highest BCUT2D eigenvalue weighted by atomic mass is 35.5. The molecule has 0 aliphatic carbocycles. The Bertz CT molecular complexity index is 1200. The van der Waals surface area contributed by atoms with Crippen LogP contribution in [0.2, 0.25) is 0 Å². The summed E-state index contributed by atoms with van der Waals surface area (Å²) in [7, 11) is -4.28. The standard InChI is InChI=1S/C22H21F7N2O5S.ClH/c23-20(21(24,25)26,22(27,28)29)8-7-14-1-6-17(30-13-14)15-2-4-16(5-3-15)37(34,35)19(18(32)31-33)9-11-36-12-10-19;/h1-6,13,33H,7-12H2,(H,31,32);1H. The summed E-state index contributed by atoms with van der Waals surface area (Å²) < 4.78 is 120. The second kappa shape index (κ2) is 11.3. The van der Waals surface area contributed by atoms with Crippen molar-refractivity contribution in [1.29, 1.82) is 0 Å². The van der Waals surface area contributed by atoms with Gasteiger partial charge in [-0.05, 0) is 43.0 Å². The first-order valence-electron chi connectivity index (χ1n) is 10.7. The fraction of sp³-hybridized carbons (Fsp3) is 0.455. The number of hydrogen-bond acceptors (Lipinski definition) is 6. The molecule has 1 aromatic heterocycles. The number of ether oxygens (including phenoxy) is 1. The second-order valence-electron chi connectivity index (χ2n) is 8.42. The Morgan fingerprint density at radius 1 is 0.974 bits per heavy atom. The molecule has 1 aliphatic rings. The minimum Gasteiger partial charge on any atom is -0.381 e. The number of aromatic nitrogens is 1. The van der Waals surface area contributed by atoms with Gasteiger partial charge in [0.2, 0.25) is 0 Å². The number of aryl methyl sites for hydroxylation is 1. The molecular weight excluding hydrogens is 573 g/mol. The van der Waals surface area contributed by atoms with Gasteiger partial charge in [0, 0.05) is 31.4 Å². The summed E-state index contributed by atoms with van der Waals surface area (Å²) >= 11 is 0. The van der Waals surface area contributed by atoms with Gasteiger partial charge in [0.25, 0.3) is 11.6 Å². The summed E-state index contributed by atoms with van der Waals surface area (Å²) in [6, 6.07) is 7.55. The minimum atomic E-state index is -6.14. The lowest BCUT2D eigenvalue weighted by molar-refractivity contribution is -0.343. The summed E-state index contributed by atoms with van der Waals surface area (Å²) in [5, 5.41) is 9.09. The zero-order valence-electron chi connectivity index (χ0n) is 19.3. The Morgan fingerprint density at radius 2 is 1.53 bits per heavy atom. The molecule has 3 rings (SSSR count). The first-order valence-corrected chi connectivity index (χ1v) is 12.2. The molecule has 16 heteroatoms. The van der Waals surface area contributed by atoms with Crippen LogP contribution in [0.3, 0.4) is 0 Å². The summed E-state index contributed by atoms with van der Waals surface area (Å²) in [4.78, 5) is 16.0. The molecule has 1 saturated heterocycles. The first kappa shape index (κ1) is 31.7. The van der Waals surface area contributed by atoms with Crippen LogP contribution in [0, 0.1) is 0 Å². The molecule has 1 aromatic carbocycles. The smallest absolute Gasteiger partial charge is 0.381 e. The lowest BCUT2D eigenvalue weighted by Gasteiger charge is -2.34. The lowest BCUT2D eigenvalue weighted by atomic mass is 9.95. The van der Waals surface area contributed by atoms with E-state index >= 15 is 0 Å². The van der Waals surface area contributed by atoms with E-state index in [1.165, 1.54) is 41.9 Å². The molecule has 0 radical (unpaired) electrons. The van der Waals surface area contributed by atoms with Crippen molar-refractivity contribution in [1.82, 2.24) is 10.5 Å². The van der Waals surface area contributed by atoms with Crippen LogP contribution >= 0.6 is 12.4 Å². The van der Waals surface area contributed by atoms with E-state index in [9.17, 15) is 43.9 Å². The number of carbonyl (C=O) groups excluding carboxylic acids is 1. The Balaban J connectivity index is 0.00000507. The molecule has 1 amide bonds. The predicted octanol–water partition coefficient (Wildman–Crippen LogP) is 4.76. The molecule has 1 aliphatic heterocycles. The van der Waals surface area contributed by atoms with Crippen LogP contribution in [0.5, 0.6) is 0 Å². The topological polar surface area (TPSA) is 106 Å². The van der Waals surface area contributed by atoms with E-state index in [0.29, 0.717) is 5.56 Å². The highest BCUT2D eigenvalue weighted by molar-refractivity contribution is 7.93. The number of halogens is 8.